The summed E-state index contributed by atoms with van der Waals surface area (Å²) in [5.41, 5.74) is 1.86. The van der Waals surface area contributed by atoms with E-state index in [9.17, 15) is 15.0 Å². The highest BCUT2D eigenvalue weighted by Gasteiger charge is 2.66. The third-order valence-corrected chi connectivity index (χ3v) is 8.69. The smallest absolute Gasteiger partial charge is 0.155 e. The van der Waals surface area contributed by atoms with E-state index in [1.54, 1.807) is 0 Å². The van der Waals surface area contributed by atoms with Crippen molar-refractivity contribution in [3.8, 4) is 24.1 Å². The molecule has 0 amide bonds. The lowest BCUT2D eigenvalue weighted by molar-refractivity contribution is -0.120. The number of fused-ring (bicyclic) bond motifs is 5. The van der Waals surface area contributed by atoms with Gasteiger partial charge in [-0.15, -0.1) is 0 Å². The number of hydrogen-bond donors (Lipinski definition) is 2. The molecule has 0 bridgehead atoms. The fourth-order valence-electron chi connectivity index (χ4n) is 7.23. The van der Waals surface area contributed by atoms with Crippen molar-refractivity contribution in [2.45, 2.75) is 58.8 Å². The van der Waals surface area contributed by atoms with Gasteiger partial charge in [-0.3, -0.25) is 4.79 Å². The fraction of sp³-hybridized carbons (Fsp3) is 0.625. The Labute approximate surface area is 161 Å². The van der Waals surface area contributed by atoms with E-state index in [4.69, 9.17) is 0 Å². The molecule has 3 nitrogen and oxygen atoms in total. The molecule has 27 heavy (non-hydrogen) atoms. The molecule has 0 spiro atoms. The van der Waals surface area contributed by atoms with Crippen molar-refractivity contribution in [2.75, 3.05) is 0 Å². The Kier molecular flexibility index (Phi) is 4.01. The van der Waals surface area contributed by atoms with Gasteiger partial charge in [0.05, 0.1) is 0 Å². The molecule has 142 valence electrons. The lowest BCUT2D eigenvalue weighted by Gasteiger charge is -2.62. The molecule has 4 aliphatic rings. The predicted octanol–water partition coefficient (Wildman–Crippen LogP) is 4.34. The van der Waals surface area contributed by atoms with Crippen LogP contribution in [0.3, 0.4) is 0 Å². The van der Waals surface area contributed by atoms with Crippen LogP contribution in [0.15, 0.2) is 23.8 Å². The summed E-state index contributed by atoms with van der Waals surface area (Å²) in [7, 11) is 0. The van der Waals surface area contributed by atoms with Crippen LogP contribution in [-0.2, 0) is 4.79 Å². The zero-order chi connectivity index (χ0) is 19.4. The van der Waals surface area contributed by atoms with Gasteiger partial charge < -0.3 is 10.2 Å². The highest BCUT2D eigenvalue weighted by atomic mass is 16.2. The number of aliphatic hydroxyl groups is 2. The predicted molar refractivity (Wildman–Crippen MR) is 103 cm³/mol. The Bertz CT molecular complexity index is 860. The fourth-order valence-corrected chi connectivity index (χ4v) is 7.23. The Hall–Kier alpha value is -2.13. The SMILES string of the molecule is C=C1C[C@H]2[C@@H]3CCC4=CC(=O)CC[C@]4(C)[C@]3(C#CO)CC[C@]2(C)C1C#CO. The number of aliphatic hydroxyl groups excluding tert-OH is 2. The molecule has 1 unspecified atom stereocenters. The van der Waals surface area contributed by atoms with Crippen LogP contribution in [0, 0.1) is 58.1 Å². The molecule has 3 saturated carbocycles. The molecule has 0 aromatic rings. The maximum Gasteiger partial charge on any atom is 0.155 e. The van der Waals surface area contributed by atoms with Crippen molar-refractivity contribution in [2.24, 2.45) is 34.0 Å². The number of carbonyl (C=O) groups excluding carboxylic acids is 1. The lowest BCUT2D eigenvalue weighted by atomic mass is 9.40. The average molecular weight is 364 g/mol. The first kappa shape index (κ1) is 18.2. The molecule has 0 heterocycles. The van der Waals surface area contributed by atoms with Gasteiger partial charge >= 0.3 is 0 Å². The third kappa shape index (κ3) is 2.21. The summed E-state index contributed by atoms with van der Waals surface area (Å²) in [4.78, 5) is 12.1. The summed E-state index contributed by atoms with van der Waals surface area (Å²) in [5.74, 6) is 7.27. The van der Waals surface area contributed by atoms with Gasteiger partial charge in [0.15, 0.2) is 5.78 Å². The van der Waals surface area contributed by atoms with E-state index in [0.717, 1.165) is 44.1 Å². The Morgan fingerprint density at radius 1 is 1.11 bits per heavy atom. The number of hydrogen-bond acceptors (Lipinski definition) is 3. The maximum atomic E-state index is 12.1. The topological polar surface area (TPSA) is 57.5 Å². The van der Waals surface area contributed by atoms with Crippen LogP contribution < -0.4 is 0 Å². The lowest BCUT2D eigenvalue weighted by Crippen LogP contribution is -2.57. The first-order valence-electron chi connectivity index (χ1n) is 10.0. The van der Waals surface area contributed by atoms with Crippen molar-refractivity contribution in [1.29, 1.82) is 0 Å². The van der Waals surface area contributed by atoms with Crippen molar-refractivity contribution < 1.29 is 15.0 Å². The van der Waals surface area contributed by atoms with Gasteiger partial charge in [0.1, 0.15) is 12.2 Å². The number of rotatable bonds is 0. The van der Waals surface area contributed by atoms with E-state index in [0.29, 0.717) is 18.3 Å². The number of allylic oxidation sites excluding steroid dienone is 2. The molecule has 0 radical (unpaired) electrons. The van der Waals surface area contributed by atoms with Gasteiger partial charge in [0.2, 0.25) is 0 Å². The summed E-state index contributed by atoms with van der Waals surface area (Å²) in [5, 5.41) is 18.9. The molecule has 6 atom stereocenters. The van der Waals surface area contributed by atoms with E-state index in [1.807, 2.05) is 6.08 Å². The van der Waals surface area contributed by atoms with Crippen molar-refractivity contribution in [1.82, 2.24) is 0 Å². The van der Waals surface area contributed by atoms with Crippen molar-refractivity contribution >= 4 is 5.78 Å². The van der Waals surface area contributed by atoms with E-state index < -0.39 is 0 Å². The Balaban J connectivity index is 1.84. The highest BCUT2D eigenvalue weighted by Crippen LogP contribution is 2.72. The molecule has 4 aliphatic carbocycles. The Morgan fingerprint density at radius 3 is 2.59 bits per heavy atom. The molecule has 0 saturated heterocycles. The standard InChI is InChI=1S/C24H28O3/c1-16-14-21-20-5-4-17-15-18(27)6-8-23(17,3)24(20,11-13-26)10-9-22(21,2)19(16)7-12-25/h15,19-21,25-26H,1,4-6,8-10,14H2,2-3H3/t19?,20-,21-,22+,23-,24-/m0/s1. The largest absolute Gasteiger partial charge is 0.462 e. The minimum absolute atomic E-state index is 0.0137. The second-order valence-corrected chi connectivity index (χ2v) is 9.49. The number of ketones is 1. The molecule has 0 aromatic carbocycles. The monoisotopic (exact) mass is 364 g/mol. The van der Waals surface area contributed by atoms with E-state index >= 15 is 0 Å². The van der Waals surface area contributed by atoms with Crippen LogP contribution >= 0.6 is 0 Å². The zero-order valence-electron chi connectivity index (χ0n) is 16.3. The first-order chi connectivity index (χ1) is 12.8. The molecule has 3 fully saturated rings. The van der Waals surface area contributed by atoms with Crippen LogP contribution in [0.2, 0.25) is 0 Å². The van der Waals surface area contributed by atoms with Crippen molar-refractivity contribution in [3.63, 3.8) is 0 Å². The minimum Gasteiger partial charge on any atom is -0.462 e. The van der Waals surface area contributed by atoms with E-state index in [1.165, 1.54) is 5.57 Å². The third-order valence-electron chi connectivity index (χ3n) is 8.69. The zero-order valence-corrected chi connectivity index (χ0v) is 16.3. The number of carbonyl (C=O) groups is 1. The summed E-state index contributed by atoms with van der Waals surface area (Å²) in [6.07, 6.45) is 12.3. The molecular weight excluding hydrogens is 336 g/mol. The molecule has 4 rings (SSSR count). The molecule has 2 N–H and O–H groups in total. The van der Waals surface area contributed by atoms with E-state index in [2.05, 4.69) is 44.5 Å². The minimum atomic E-state index is -0.307. The van der Waals surface area contributed by atoms with Crippen LogP contribution in [0.5, 0.6) is 0 Å². The summed E-state index contributed by atoms with van der Waals surface area (Å²) in [6.45, 7) is 8.84. The van der Waals surface area contributed by atoms with E-state index in [-0.39, 0.29) is 27.9 Å². The van der Waals surface area contributed by atoms with Gasteiger partial charge in [-0.2, -0.15) is 0 Å². The van der Waals surface area contributed by atoms with Crippen LogP contribution in [0.4, 0.5) is 0 Å². The quantitative estimate of drug-likeness (QED) is 0.497. The molecule has 0 aromatic heterocycles. The van der Waals surface area contributed by atoms with Gasteiger partial charge in [-0.25, -0.2) is 0 Å². The normalized spacial score (nSPS) is 45.3. The van der Waals surface area contributed by atoms with Crippen molar-refractivity contribution in [3.05, 3.63) is 23.8 Å². The first-order valence-corrected chi connectivity index (χ1v) is 10.0. The highest BCUT2D eigenvalue weighted by molar-refractivity contribution is 5.91. The summed E-state index contributed by atoms with van der Waals surface area (Å²) in [6, 6.07) is 0. The van der Waals surface area contributed by atoms with Gasteiger partial charge in [0.25, 0.3) is 0 Å². The van der Waals surface area contributed by atoms with Crippen LogP contribution in [0.1, 0.15) is 58.8 Å². The Morgan fingerprint density at radius 2 is 1.89 bits per heavy atom. The molecule has 0 aliphatic heterocycles. The molecular formula is C24H28O3. The second kappa shape index (κ2) is 5.93. The average Bonchev–Trinajstić information content (AvgIpc) is 2.88. The van der Waals surface area contributed by atoms with Crippen LogP contribution in [-0.4, -0.2) is 16.0 Å². The summed E-state index contributed by atoms with van der Waals surface area (Å²) >= 11 is 0. The van der Waals surface area contributed by atoms with Gasteiger partial charge in [-0.1, -0.05) is 43.4 Å². The molecule has 3 heteroatoms. The van der Waals surface area contributed by atoms with Gasteiger partial charge in [0, 0.05) is 23.2 Å². The van der Waals surface area contributed by atoms with Crippen LogP contribution in [0.25, 0.3) is 0 Å². The summed E-state index contributed by atoms with van der Waals surface area (Å²) < 4.78 is 0. The second-order valence-electron chi connectivity index (χ2n) is 9.49. The van der Waals surface area contributed by atoms with Gasteiger partial charge in [-0.05, 0) is 61.9 Å². The maximum absolute atomic E-state index is 12.1.